The smallest absolute Gasteiger partial charge is 0.306 e. The number of fused-ring (bicyclic) bond motifs is 1. The number of aliphatic hydroxyl groups is 1. The minimum Gasteiger partial charge on any atom is -0.494 e. The number of esters is 1. The van der Waals surface area contributed by atoms with Gasteiger partial charge in [-0.05, 0) is 81.5 Å². The van der Waals surface area contributed by atoms with Crippen molar-refractivity contribution < 1.29 is 28.9 Å². The number of nitrogens with zero attached hydrogens (tertiary/aromatic N) is 1. The number of halogens is 1. The van der Waals surface area contributed by atoms with E-state index in [2.05, 4.69) is 33.4 Å². The van der Waals surface area contributed by atoms with Gasteiger partial charge < -0.3 is 24.6 Å². The zero-order valence-electron chi connectivity index (χ0n) is 25.3. The Morgan fingerprint density at radius 3 is 2.32 bits per heavy atom. The summed E-state index contributed by atoms with van der Waals surface area (Å²) in [5, 5.41) is 12.3. The van der Waals surface area contributed by atoms with Gasteiger partial charge in [-0.25, -0.2) is 4.99 Å². The standard InChI is InChI=1S/C35H39BrN2O6/c1-34(2,3)44-30(40)17-18-35(33(41)37-26-21-24-9-4-5-10-25(24)22-26)31(28-11-6-7-12-29(28)36)43-32(38-35)23-13-15-27(16-14-23)42-20-8-19-39/h4-7,9-16,26,31,39H,8,17-22H2,1-3H3,(H,37,41)/t31-,35-/m1/s1. The molecule has 232 valence electrons. The quantitative estimate of drug-likeness (QED) is 0.196. The van der Waals surface area contributed by atoms with E-state index < -0.39 is 23.2 Å². The third kappa shape index (κ3) is 7.33. The van der Waals surface area contributed by atoms with Crippen LogP contribution in [0.5, 0.6) is 5.75 Å². The van der Waals surface area contributed by atoms with Crippen molar-refractivity contribution in [3.05, 3.63) is 99.5 Å². The van der Waals surface area contributed by atoms with Crippen molar-refractivity contribution in [1.82, 2.24) is 5.32 Å². The molecule has 3 aromatic rings. The monoisotopic (exact) mass is 662 g/mol. The fourth-order valence-corrected chi connectivity index (χ4v) is 6.18. The lowest BCUT2D eigenvalue weighted by molar-refractivity contribution is -0.155. The molecule has 0 saturated carbocycles. The van der Waals surface area contributed by atoms with Crippen LogP contribution in [-0.2, 0) is 31.9 Å². The average molecular weight is 664 g/mol. The zero-order chi connectivity index (χ0) is 31.3. The Morgan fingerprint density at radius 1 is 1.02 bits per heavy atom. The topological polar surface area (TPSA) is 106 Å². The molecule has 0 saturated heterocycles. The first-order chi connectivity index (χ1) is 21.1. The van der Waals surface area contributed by atoms with E-state index in [1.165, 1.54) is 11.1 Å². The van der Waals surface area contributed by atoms with Crippen LogP contribution in [0.3, 0.4) is 0 Å². The molecule has 0 aromatic heterocycles. The lowest BCUT2D eigenvalue weighted by Crippen LogP contribution is -2.52. The maximum Gasteiger partial charge on any atom is 0.306 e. The number of ether oxygens (including phenoxy) is 3. The highest BCUT2D eigenvalue weighted by Crippen LogP contribution is 2.45. The van der Waals surface area contributed by atoms with Crippen LogP contribution in [0.15, 0.2) is 82.3 Å². The maximum atomic E-state index is 14.5. The van der Waals surface area contributed by atoms with E-state index in [-0.39, 0.29) is 31.4 Å². The van der Waals surface area contributed by atoms with Crippen molar-refractivity contribution in [2.75, 3.05) is 13.2 Å². The number of hydrogen-bond donors (Lipinski definition) is 2. The number of hydrogen-bond acceptors (Lipinski definition) is 7. The van der Waals surface area contributed by atoms with Crippen LogP contribution in [0.2, 0.25) is 0 Å². The molecule has 0 radical (unpaired) electrons. The second kappa shape index (κ2) is 13.5. The van der Waals surface area contributed by atoms with Crippen molar-refractivity contribution in [3.63, 3.8) is 0 Å². The Hall–Kier alpha value is -3.69. The minimum atomic E-state index is -1.44. The fraction of sp³-hybridized carbons (Fsp3) is 0.400. The third-order valence-corrected chi connectivity index (χ3v) is 8.46. The molecule has 0 fully saturated rings. The third-order valence-electron chi connectivity index (χ3n) is 7.73. The molecule has 3 aromatic carbocycles. The lowest BCUT2D eigenvalue weighted by Gasteiger charge is -2.32. The van der Waals surface area contributed by atoms with E-state index in [0.717, 1.165) is 22.9 Å². The van der Waals surface area contributed by atoms with Crippen LogP contribution >= 0.6 is 15.9 Å². The highest BCUT2D eigenvalue weighted by atomic mass is 79.9. The van der Waals surface area contributed by atoms with Gasteiger partial charge >= 0.3 is 5.97 Å². The molecule has 2 N–H and O–H groups in total. The summed E-state index contributed by atoms with van der Waals surface area (Å²) in [6.07, 6.45) is 1.24. The fourth-order valence-electron chi connectivity index (χ4n) is 5.69. The second-order valence-corrected chi connectivity index (χ2v) is 13.1. The summed E-state index contributed by atoms with van der Waals surface area (Å²) in [7, 11) is 0. The van der Waals surface area contributed by atoms with Crippen LogP contribution < -0.4 is 10.1 Å². The summed E-state index contributed by atoms with van der Waals surface area (Å²) in [6, 6.07) is 23.0. The molecule has 2 atom stereocenters. The minimum absolute atomic E-state index is 0.0195. The number of aliphatic imine (C=N–C) groups is 1. The molecular weight excluding hydrogens is 624 g/mol. The normalized spacial score (nSPS) is 19.6. The molecule has 1 aliphatic carbocycles. The van der Waals surface area contributed by atoms with Crippen LogP contribution in [0.4, 0.5) is 0 Å². The Morgan fingerprint density at radius 2 is 1.68 bits per heavy atom. The van der Waals surface area contributed by atoms with Gasteiger partial charge in [-0.3, -0.25) is 9.59 Å². The molecule has 0 unspecified atom stereocenters. The van der Waals surface area contributed by atoms with Crippen molar-refractivity contribution >= 4 is 33.7 Å². The molecule has 2 aliphatic rings. The van der Waals surface area contributed by atoms with Crippen LogP contribution in [-0.4, -0.2) is 53.3 Å². The predicted molar refractivity (Wildman–Crippen MR) is 172 cm³/mol. The first-order valence-corrected chi connectivity index (χ1v) is 15.8. The number of nitrogens with one attached hydrogen (secondary N) is 1. The zero-order valence-corrected chi connectivity index (χ0v) is 26.9. The number of carbonyl (C=O) groups is 2. The van der Waals surface area contributed by atoms with Gasteiger partial charge in [-0.2, -0.15) is 0 Å². The van der Waals surface area contributed by atoms with E-state index in [4.69, 9.17) is 24.3 Å². The molecule has 0 bridgehead atoms. The van der Waals surface area contributed by atoms with Gasteiger partial charge in [-0.15, -0.1) is 0 Å². The molecular formula is C35H39BrN2O6. The lowest BCUT2D eigenvalue weighted by atomic mass is 9.83. The Balaban J connectivity index is 1.51. The number of aliphatic hydroxyl groups excluding tert-OH is 1. The van der Waals surface area contributed by atoms with Gasteiger partial charge in [-0.1, -0.05) is 58.4 Å². The van der Waals surface area contributed by atoms with Gasteiger partial charge in [0.1, 0.15) is 11.4 Å². The summed E-state index contributed by atoms with van der Waals surface area (Å²) in [4.78, 5) is 32.6. The molecule has 9 heteroatoms. The molecule has 8 nitrogen and oxygen atoms in total. The Kier molecular flexibility index (Phi) is 9.75. The molecule has 1 amide bonds. The molecule has 1 aliphatic heterocycles. The van der Waals surface area contributed by atoms with E-state index in [9.17, 15) is 9.59 Å². The number of carbonyl (C=O) groups excluding carboxylic acids is 2. The van der Waals surface area contributed by atoms with Crippen LogP contribution in [0, 0.1) is 0 Å². The van der Waals surface area contributed by atoms with Gasteiger partial charge in [0, 0.05) is 41.1 Å². The molecule has 5 rings (SSSR count). The van der Waals surface area contributed by atoms with Crippen LogP contribution in [0.25, 0.3) is 0 Å². The molecule has 44 heavy (non-hydrogen) atoms. The summed E-state index contributed by atoms with van der Waals surface area (Å²) < 4.78 is 18.7. The number of amides is 1. The van der Waals surface area contributed by atoms with Crippen molar-refractivity contribution in [2.45, 2.75) is 76.2 Å². The van der Waals surface area contributed by atoms with Crippen molar-refractivity contribution in [3.8, 4) is 5.75 Å². The van der Waals surface area contributed by atoms with Gasteiger partial charge in [0.15, 0.2) is 11.6 Å². The highest BCUT2D eigenvalue weighted by Gasteiger charge is 2.54. The summed E-state index contributed by atoms with van der Waals surface area (Å²) >= 11 is 3.66. The Bertz CT molecular complexity index is 1490. The van der Waals surface area contributed by atoms with E-state index in [1.807, 2.05) is 81.4 Å². The van der Waals surface area contributed by atoms with Gasteiger partial charge in [0.25, 0.3) is 5.91 Å². The van der Waals surface area contributed by atoms with Crippen molar-refractivity contribution in [2.24, 2.45) is 4.99 Å². The number of benzene rings is 3. The molecule has 0 spiro atoms. The summed E-state index contributed by atoms with van der Waals surface area (Å²) in [6.45, 7) is 5.92. The van der Waals surface area contributed by atoms with E-state index in [0.29, 0.717) is 30.2 Å². The number of rotatable bonds is 11. The average Bonchev–Trinajstić information content (AvgIpc) is 3.58. The Labute approximate surface area is 267 Å². The highest BCUT2D eigenvalue weighted by molar-refractivity contribution is 9.10. The maximum absolute atomic E-state index is 14.5. The predicted octanol–water partition coefficient (Wildman–Crippen LogP) is 5.87. The van der Waals surface area contributed by atoms with Gasteiger partial charge in [0.2, 0.25) is 5.90 Å². The van der Waals surface area contributed by atoms with E-state index in [1.54, 1.807) is 0 Å². The van der Waals surface area contributed by atoms with E-state index >= 15 is 0 Å². The summed E-state index contributed by atoms with van der Waals surface area (Å²) in [5.74, 6) is 0.259. The second-order valence-electron chi connectivity index (χ2n) is 12.2. The largest absolute Gasteiger partial charge is 0.494 e. The first kappa shape index (κ1) is 31.7. The molecule has 1 heterocycles. The summed E-state index contributed by atoms with van der Waals surface area (Å²) in [5.41, 5.74) is 1.76. The SMILES string of the molecule is CC(C)(C)OC(=O)CC[C@@]1(C(=O)NC2Cc3ccccc3C2)N=C(c2ccc(OCCCO)cc2)O[C@@H]1c1ccccc1Br. The van der Waals surface area contributed by atoms with Crippen LogP contribution in [0.1, 0.15) is 68.4 Å². The van der Waals surface area contributed by atoms with Crippen molar-refractivity contribution in [1.29, 1.82) is 0 Å². The first-order valence-electron chi connectivity index (χ1n) is 15.0. The van der Waals surface area contributed by atoms with Gasteiger partial charge in [0.05, 0.1) is 6.61 Å².